The molecule has 1 aliphatic rings. The molecule has 0 aromatic heterocycles. The van der Waals surface area contributed by atoms with Gasteiger partial charge in [-0.25, -0.2) is 0 Å². The van der Waals surface area contributed by atoms with E-state index in [1.165, 1.54) is 16.7 Å². The van der Waals surface area contributed by atoms with Gasteiger partial charge in [0.05, 0.1) is 0 Å². The minimum atomic E-state index is -0.144. The second-order valence-corrected chi connectivity index (χ2v) is 10.5. The van der Waals surface area contributed by atoms with Gasteiger partial charge in [0, 0.05) is 0 Å². The molecule has 1 fully saturated rings. The maximum atomic E-state index is 6.44. The van der Waals surface area contributed by atoms with Crippen molar-refractivity contribution >= 4 is 20.9 Å². The third-order valence-electron chi connectivity index (χ3n) is 5.20. The molecule has 0 N–H and O–H groups in total. The SMILES string of the molecule is c1ccc(COC2[C@@H](OCc3ccccc3)C[Te]C[C@@H]2OCc2ccccc2)cc1. The third-order valence-corrected chi connectivity index (χ3v) is 8.42. The van der Waals surface area contributed by atoms with Crippen LogP contribution in [0.3, 0.4) is 0 Å². The summed E-state index contributed by atoms with van der Waals surface area (Å²) in [7, 11) is 0. The fraction of sp³-hybridized carbons (Fsp3) is 0.308. The molecule has 30 heavy (non-hydrogen) atoms. The Bertz CT molecular complexity index is 806. The Kier molecular flexibility index (Phi) is 8.37. The van der Waals surface area contributed by atoms with Crippen LogP contribution >= 0.6 is 0 Å². The Morgan fingerprint density at radius 3 is 1.30 bits per heavy atom. The van der Waals surface area contributed by atoms with E-state index < -0.39 is 0 Å². The summed E-state index contributed by atoms with van der Waals surface area (Å²) >= 11 is -0.144. The molecule has 156 valence electrons. The van der Waals surface area contributed by atoms with Crippen LogP contribution in [0.5, 0.6) is 0 Å². The summed E-state index contributed by atoms with van der Waals surface area (Å²) < 4.78 is 21.5. The van der Waals surface area contributed by atoms with Gasteiger partial charge in [-0.1, -0.05) is 0 Å². The van der Waals surface area contributed by atoms with Crippen LogP contribution in [0, 0.1) is 0 Å². The summed E-state index contributed by atoms with van der Waals surface area (Å²) in [5.41, 5.74) is 3.59. The second kappa shape index (κ2) is 11.6. The maximum absolute atomic E-state index is 6.44. The molecule has 0 amide bonds. The molecule has 0 unspecified atom stereocenters. The average Bonchev–Trinajstić information content (AvgIpc) is 2.82. The van der Waals surface area contributed by atoms with Crippen LogP contribution < -0.4 is 0 Å². The molecular formula is C26H28O3Te. The first-order valence-electron chi connectivity index (χ1n) is 10.4. The van der Waals surface area contributed by atoms with E-state index in [1.807, 2.05) is 18.2 Å². The summed E-state index contributed by atoms with van der Waals surface area (Å²) in [5, 5.41) is 0. The monoisotopic (exact) mass is 518 g/mol. The molecule has 2 atom stereocenters. The van der Waals surface area contributed by atoms with E-state index in [0.29, 0.717) is 19.8 Å². The van der Waals surface area contributed by atoms with Gasteiger partial charge in [-0.05, 0) is 0 Å². The Balaban J connectivity index is 1.42. The molecule has 3 nitrogen and oxygen atoms in total. The molecule has 0 bridgehead atoms. The summed E-state index contributed by atoms with van der Waals surface area (Å²) in [4.78, 5) is 0. The molecule has 3 aromatic carbocycles. The van der Waals surface area contributed by atoms with E-state index in [-0.39, 0.29) is 39.2 Å². The van der Waals surface area contributed by atoms with Gasteiger partial charge in [-0.15, -0.1) is 0 Å². The fourth-order valence-corrected chi connectivity index (χ4v) is 6.90. The molecule has 0 saturated carbocycles. The molecular weight excluding hydrogens is 488 g/mol. The van der Waals surface area contributed by atoms with E-state index >= 15 is 0 Å². The second-order valence-electron chi connectivity index (χ2n) is 7.47. The Morgan fingerprint density at radius 2 is 0.900 bits per heavy atom. The first-order valence-corrected chi connectivity index (χ1v) is 13.7. The van der Waals surface area contributed by atoms with Gasteiger partial charge in [-0.3, -0.25) is 0 Å². The van der Waals surface area contributed by atoms with Gasteiger partial charge in [0.1, 0.15) is 0 Å². The number of ether oxygens (including phenoxy) is 3. The van der Waals surface area contributed by atoms with Crippen LogP contribution in [-0.4, -0.2) is 39.2 Å². The molecule has 1 aliphatic heterocycles. The van der Waals surface area contributed by atoms with Crippen molar-refractivity contribution < 1.29 is 14.2 Å². The van der Waals surface area contributed by atoms with Crippen molar-refractivity contribution in [3.63, 3.8) is 0 Å². The molecule has 3 aromatic rings. The normalized spacial score (nSPS) is 19.6. The summed E-state index contributed by atoms with van der Waals surface area (Å²) in [6, 6.07) is 31.1. The number of rotatable bonds is 9. The van der Waals surface area contributed by atoms with Crippen LogP contribution in [0.15, 0.2) is 91.0 Å². The third kappa shape index (κ3) is 6.41. The average molecular weight is 516 g/mol. The Hall–Kier alpha value is -1.67. The molecule has 4 heteroatoms. The summed E-state index contributed by atoms with van der Waals surface area (Å²) in [6.07, 6.45) is 0.133. The van der Waals surface area contributed by atoms with Gasteiger partial charge < -0.3 is 0 Å². The molecule has 0 radical (unpaired) electrons. The van der Waals surface area contributed by atoms with E-state index in [2.05, 4.69) is 72.8 Å². The van der Waals surface area contributed by atoms with E-state index in [9.17, 15) is 0 Å². The van der Waals surface area contributed by atoms with Crippen LogP contribution in [-0.2, 0) is 34.0 Å². The zero-order chi connectivity index (χ0) is 20.4. The molecule has 0 aliphatic carbocycles. The van der Waals surface area contributed by atoms with Crippen molar-refractivity contribution in [1.82, 2.24) is 0 Å². The van der Waals surface area contributed by atoms with Gasteiger partial charge in [0.15, 0.2) is 0 Å². The molecule has 1 saturated heterocycles. The number of benzene rings is 3. The van der Waals surface area contributed by atoms with Crippen molar-refractivity contribution in [3.05, 3.63) is 108 Å². The standard InChI is InChI=1S/C26H28O3Te/c1-4-10-21(11-5-1)16-27-24-19-30-20-25(28-17-22-12-6-2-7-13-22)26(24)29-18-23-14-8-3-9-15-23/h1-15,24-26H,16-20H2/t24-,25-/m0/s1. The predicted molar refractivity (Wildman–Crippen MR) is 120 cm³/mol. The Labute approximate surface area is 189 Å². The van der Waals surface area contributed by atoms with E-state index in [4.69, 9.17) is 14.2 Å². The van der Waals surface area contributed by atoms with Crippen molar-refractivity contribution in [1.29, 1.82) is 0 Å². The van der Waals surface area contributed by atoms with Gasteiger partial charge >= 0.3 is 190 Å². The molecule has 0 spiro atoms. The van der Waals surface area contributed by atoms with E-state index in [0.717, 1.165) is 8.94 Å². The van der Waals surface area contributed by atoms with Crippen molar-refractivity contribution in [2.24, 2.45) is 0 Å². The quantitative estimate of drug-likeness (QED) is 0.362. The topological polar surface area (TPSA) is 27.7 Å². The Morgan fingerprint density at radius 1 is 0.533 bits per heavy atom. The van der Waals surface area contributed by atoms with Gasteiger partial charge in [0.25, 0.3) is 0 Å². The number of hydrogen-bond donors (Lipinski definition) is 0. The minimum absolute atomic E-state index is 0.0449. The fourth-order valence-electron chi connectivity index (χ4n) is 3.55. The van der Waals surface area contributed by atoms with E-state index in [1.54, 1.807) is 0 Å². The first kappa shape index (κ1) is 21.6. The van der Waals surface area contributed by atoms with Crippen molar-refractivity contribution in [2.45, 2.75) is 47.1 Å². The predicted octanol–water partition coefficient (Wildman–Crippen LogP) is 5.30. The van der Waals surface area contributed by atoms with Crippen LogP contribution in [0.2, 0.25) is 8.94 Å². The first-order chi connectivity index (χ1) is 14.9. The zero-order valence-electron chi connectivity index (χ0n) is 17.1. The van der Waals surface area contributed by atoms with Crippen molar-refractivity contribution in [3.8, 4) is 0 Å². The summed E-state index contributed by atoms with van der Waals surface area (Å²) in [6.45, 7) is 1.83. The van der Waals surface area contributed by atoms with Gasteiger partial charge in [-0.2, -0.15) is 0 Å². The molecule has 1 heterocycles. The van der Waals surface area contributed by atoms with Crippen molar-refractivity contribution in [2.75, 3.05) is 0 Å². The van der Waals surface area contributed by atoms with Crippen LogP contribution in [0.1, 0.15) is 16.7 Å². The van der Waals surface area contributed by atoms with Crippen LogP contribution in [0.25, 0.3) is 0 Å². The zero-order valence-corrected chi connectivity index (χ0v) is 19.4. The van der Waals surface area contributed by atoms with Crippen LogP contribution in [0.4, 0.5) is 0 Å². The number of hydrogen-bond acceptors (Lipinski definition) is 3. The molecule has 4 rings (SSSR count). The van der Waals surface area contributed by atoms with Gasteiger partial charge in [0.2, 0.25) is 0 Å². The summed E-state index contributed by atoms with van der Waals surface area (Å²) in [5.74, 6) is 0.